The quantitative estimate of drug-likeness (QED) is 0.361. The fraction of sp³-hybridized carbons (Fsp3) is 0.522. The van der Waals surface area contributed by atoms with Crippen molar-refractivity contribution in [2.45, 2.75) is 57.5 Å². The van der Waals surface area contributed by atoms with Gasteiger partial charge in [0, 0.05) is 4.90 Å². The first kappa shape index (κ1) is 27.5. The summed E-state index contributed by atoms with van der Waals surface area (Å²) >= 11 is 0. The molecule has 0 aliphatic rings. The van der Waals surface area contributed by atoms with E-state index in [-0.39, 0.29) is 23.3 Å². The maximum absolute atomic E-state index is 13.7. The van der Waals surface area contributed by atoms with Gasteiger partial charge in [0.05, 0.1) is 15.8 Å². The molecule has 32 heavy (non-hydrogen) atoms. The van der Waals surface area contributed by atoms with Gasteiger partial charge in [-0.2, -0.15) is 4.36 Å². The Kier molecular flexibility index (Phi) is 11.3. The minimum Gasteiger partial charge on any atom is -0.460 e. The molecule has 9 heteroatoms. The highest BCUT2D eigenvalue weighted by molar-refractivity contribution is 7.94. The lowest BCUT2D eigenvalue weighted by molar-refractivity contribution is -0.147. The number of esters is 1. The minimum absolute atomic E-state index is 0.0155. The maximum atomic E-state index is 13.7. The van der Waals surface area contributed by atoms with Gasteiger partial charge >= 0.3 is 5.97 Å². The molecule has 0 radical (unpaired) electrons. The van der Waals surface area contributed by atoms with E-state index in [9.17, 15) is 18.6 Å². The van der Waals surface area contributed by atoms with Crippen molar-refractivity contribution in [3.05, 3.63) is 43.0 Å². The molecule has 0 bridgehead atoms. The number of ether oxygens (including phenoxy) is 1. The van der Waals surface area contributed by atoms with Crippen molar-refractivity contribution in [1.82, 2.24) is 5.32 Å². The van der Waals surface area contributed by atoms with Gasteiger partial charge in [0.2, 0.25) is 5.91 Å². The van der Waals surface area contributed by atoms with Crippen LogP contribution in [0.5, 0.6) is 0 Å². The van der Waals surface area contributed by atoms with Gasteiger partial charge in [0.1, 0.15) is 18.4 Å². The molecule has 2 amide bonds. The Balaban J connectivity index is 3.18. The molecule has 8 nitrogen and oxygen atoms in total. The Morgan fingerprint density at radius 1 is 1.12 bits per heavy atom. The van der Waals surface area contributed by atoms with Gasteiger partial charge in [0.15, 0.2) is 0 Å². The van der Waals surface area contributed by atoms with E-state index in [1.807, 2.05) is 27.7 Å². The van der Waals surface area contributed by atoms with Crippen LogP contribution in [-0.2, 0) is 28.8 Å². The molecule has 0 aliphatic heterocycles. The summed E-state index contributed by atoms with van der Waals surface area (Å²) in [6.45, 7) is 11.1. The summed E-state index contributed by atoms with van der Waals surface area (Å²) in [7, 11) is -3.45. The second-order valence-electron chi connectivity index (χ2n) is 8.43. The number of benzene rings is 1. The SMILES string of the molecule is C=CCOC(=O)[C@H](CC(C)C)NC(=O)CS(=O)(=NC(=O)[C@@H](N)CC(C)C)c1ccccc1. The molecule has 0 saturated carbocycles. The van der Waals surface area contributed by atoms with Gasteiger partial charge in [-0.1, -0.05) is 58.5 Å². The molecular formula is C23H35N3O5S. The number of nitrogens with two attached hydrogens (primary N) is 1. The topological polar surface area (TPSA) is 128 Å². The van der Waals surface area contributed by atoms with Crippen LogP contribution in [0.3, 0.4) is 0 Å². The normalized spacial score (nSPS) is 14.8. The van der Waals surface area contributed by atoms with E-state index in [1.54, 1.807) is 30.3 Å². The third kappa shape index (κ3) is 9.32. The van der Waals surface area contributed by atoms with E-state index in [1.165, 1.54) is 6.08 Å². The average Bonchev–Trinajstić information content (AvgIpc) is 2.71. The third-order valence-corrected chi connectivity index (χ3v) is 6.53. The minimum atomic E-state index is -3.45. The van der Waals surface area contributed by atoms with Crippen molar-refractivity contribution in [2.24, 2.45) is 21.9 Å². The summed E-state index contributed by atoms with van der Waals surface area (Å²) in [5, 5.41) is 2.59. The summed E-state index contributed by atoms with van der Waals surface area (Å²) in [6, 6.07) is 6.29. The molecule has 0 saturated heterocycles. The number of hydrogen-bond donors (Lipinski definition) is 2. The van der Waals surface area contributed by atoms with Crippen LogP contribution in [0.25, 0.3) is 0 Å². The van der Waals surface area contributed by atoms with Crippen molar-refractivity contribution in [3.63, 3.8) is 0 Å². The number of hydrogen-bond acceptors (Lipinski definition) is 6. The molecule has 0 fully saturated rings. The Hall–Kier alpha value is -2.52. The molecule has 3 atom stereocenters. The van der Waals surface area contributed by atoms with E-state index in [0.29, 0.717) is 12.8 Å². The van der Waals surface area contributed by atoms with Crippen LogP contribution in [0.1, 0.15) is 40.5 Å². The Labute approximate surface area is 191 Å². The third-order valence-electron chi connectivity index (χ3n) is 4.39. The Morgan fingerprint density at radius 2 is 1.72 bits per heavy atom. The number of amides is 2. The highest BCUT2D eigenvalue weighted by atomic mass is 32.2. The first-order valence-corrected chi connectivity index (χ1v) is 12.3. The number of nitrogens with zero attached hydrogens (tertiary/aromatic N) is 1. The first-order chi connectivity index (χ1) is 15.0. The van der Waals surface area contributed by atoms with Crippen LogP contribution >= 0.6 is 0 Å². The lowest BCUT2D eigenvalue weighted by atomic mass is 10.0. The smallest absolute Gasteiger partial charge is 0.328 e. The summed E-state index contributed by atoms with van der Waals surface area (Å²) in [5.74, 6) is -2.34. The molecular weight excluding hydrogens is 430 g/mol. The van der Waals surface area contributed by atoms with Gasteiger partial charge in [-0.15, -0.1) is 0 Å². The molecule has 178 valence electrons. The maximum Gasteiger partial charge on any atom is 0.328 e. The van der Waals surface area contributed by atoms with Crippen molar-refractivity contribution < 1.29 is 23.3 Å². The van der Waals surface area contributed by atoms with Crippen LogP contribution in [-0.4, -0.2) is 46.4 Å². The molecule has 1 unspecified atom stereocenters. The lowest BCUT2D eigenvalue weighted by Crippen LogP contribution is -2.45. The molecule has 0 aliphatic carbocycles. The van der Waals surface area contributed by atoms with Crippen molar-refractivity contribution in [3.8, 4) is 0 Å². The molecule has 1 aromatic carbocycles. The van der Waals surface area contributed by atoms with Gasteiger partial charge < -0.3 is 15.8 Å². The lowest BCUT2D eigenvalue weighted by Gasteiger charge is -2.20. The van der Waals surface area contributed by atoms with Crippen LogP contribution < -0.4 is 11.1 Å². The number of rotatable bonds is 12. The molecule has 0 heterocycles. The Bertz CT molecular complexity index is 905. The standard InChI is InChI=1S/C23H35N3O5S/c1-6-12-31-23(29)20(14-17(4)5)25-21(27)15-32(30,18-10-8-7-9-11-18)26-22(28)19(24)13-16(2)3/h6-11,16-17,19-20H,1,12-15,24H2,2-5H3,(H,25,27)/t19-,20-,32?/m0/s1. The zero-order valence-corrected chi connectivity index (χ0v) is 20.1. The summed E-state index contributed by atoms with van der Waals surface area (Å²) in [4.78, 5) is 37.9. The highest BCUT2D eigenvalue weighted by Gasteiger charge is 2.27. The average molecular weight is 466 g/mol. The predicted molar refractivity (Wildman–Crippen MR) is 125 cm³/mol. The van der Waals surface area contributed by atoms with Gasteiger partial charge in [-0.25, -0.2) is 9.00 Å². The van der Waals surface area contributed by atoms with Gasteiger partial charge in [-0.3, -0.25) is 9.59 Å². The van der Waals surface area contributed by atoms with Crippen LogP contribution in [0, 0.1) is 11.8 Å². The molecule has 3 N–H and O–H groups in total. The predicted octanol–water partition coefficient (Wildman–Crippen LogP) is 2.67. The molecule has 0 spiro atoms. The Morgan fingerprint density at radius 3 is 2.25 bits per heavy atom. The van der Waals surface area contributed by atoms with Crippen LogP contribution in [0.15, 0.2) is 52.2 Å². The molecule has 1 aromatic rings. The van der Waals surface area contributed by atoms with Crippen LogP contribution in [0.2, 0.25) is 0 Å². The largest absolute Gasteiger partial charge is 0.460 e. The van der Waals surface area contributed by atoms with Crippen molar-refractivity contribution in [1.29, 1.82) is 0 Å². The van der Waals surface area contributed by atoms with E-state index >= 15 is 0 Å². The number of carbonyl (C=O) groups excluding carboxylic acids is 3. The van der Waals surface area contributed by atoms with E-state index in [4.69, 9.17) is 10.5 Å². The zero-order valence-electron chi connectivity index (χ0n) is 19.3. The first-order valence-electron chi connectivity index (χ1n) is 10.6. The zero-order chi connectivity index (χ0) is 24.3. The summed E-state index contributed by atoms with van der Waals surface area (Å²) in [6.07, 6.45) is 2.15. The molecule has 1 rings (SSSR count). The highest BCUT2D eigenvalue weighted by Crippen LogP contribution is 2.16. The van der Waals surface area contributed by atoms with Gasteiger partial charge in [-0.05, 0) is 36.8 Å². The number of nitrogens with one attached hydrogen (secondary N) is 1. The summed E-state index contributed by atoms with van der Waals surface area (Å²) < 4.78 is 22.7. The van der Waals surface area contributed by atoms with Crippen molar-refractivity contribution in [2.75, 3.05) is 12.4 Å². The second-order valence-corrected chi connectivity index (χ2v) is 10.7. The van der Waals surface area contributed by atoms with E-state index in [2.05, 4.69) is 16.3 Å². The summed E-state index contributed by atoms with van der Waals surface area (Å²) in [5.41, 5.74) is 5.92. The van der Waals surface area contributed by atoms with Gasteiger partial charge in [0.25, 0.3) is 5.91 Å². The fourth-order valence-electron chi connectivity index (χ4n) is 2.96. The van der Waals surface area contributed by atoms with E-state index < -0.39 is 45.3 Å². The van der Waals surface area contributed by atoms with E-state index in [0.717, 1.165) is 0 Å². The second kappa shape index (κ2) is 13.1. The van der Waals surface area contributed by atoms with Crippen molar-refractivity contribution >= 4 is 27.5 Å². The number of carbonyl (C=O) groups is 3. The van der Waals surface area contributed by atoms with Crippen LogP contribution in [0.4, 0.5) is 0 Å². The fourth-order valence-corrected chi connectivity index (χ4v) is 4.75. The monoisotopic (exact) mass is 465 g/mol. The molecule has 0 aromatic heterocycles.